The minimum Gasteiger partial charge on any atom is -0.344 e. The summed E-state index contributed by atoms with van der Waals surface area (Å²) in [5.41, 5.74) is 5.10. The fourth-order valence-corrected chi connectivity index (χ4v) is 3.92. The second-order valence-corrected chi connectivity index (χ2v) is 6.89. The molecule has 0 spiro atoms. The van der Waals surface area contributed by atoms with Crippen LogP contribution in [0.1, 0.15) is 37.2 Å². The summed E-state index contributed by atoms with van der Waals surface area (Å²) in [4.78, 5) is 24.3. The van der Waals surface area contributed by atoms with Crippen LogP contribution in [0.25, 0.3) is 22.2 Å². The lowest BCUT2D eigenvalue weighted by molar-refractivity contribution is 0.673. The predicted molar refractivity (Wildman–Crippen MR) is 101 cm³/mol. The number of rotatable bonds is 3. The molecule has 7 heteroatoms. The molecule has 0 bridgehead atoms. The monoisotopic (exact) mass is 347 g/mol. The molecule has 5 rings (SSSR count). The highest BCUT2D eigenvalue weighted by atomic mass is 15.3. The summed E-state index contributed by atoms with van der Waals surface area (Å²) in [6.45, 7) is 5.99. The first-order chi connectivity index (χ1) is 12.7. The number of benzene rings is 1. The summed E-state index contributed by atoms with van der Waals surface area (Å²) < 4.78 is 2.05. The molecular weight excluding hydrogens is 326 g/mol. The van der Waals surface area contributed by atoms with Gasteiger partial charge >= 0.3 is 0 Å². The minimum atomic E-state index is 0.188. The number of aromatic amines is 1. The van der Waals surface area contributed by atoms with Gasteiger partial charge in [-0.05, 0) is 44.4 Å². The zero-order chi connectivity index (χ0) is 17.7. The van der Waals surface area contributed by atoms with Crippen molar-refractivity contribution < 1.29 is 0 Å². The number of H-pyrrole nitrogens is 1. The molecule has 26 heavy (non-hydrogen) atoms. The normalized spacial score (nSPS) is 17.6. The number of fused-ring (bicyclic) bond motifs is 2. The molecule has 1 aliphatic rings. The molecule has 1 fully saturated rings. The number of nitrogens with zero attached hydrogens (tertiary/aromatic N) is 6. The molecule has 1 atom stereocenters. The molecular formula is C19H21N7. The number of hydrogen-bond donors (Lipinski definition) is 1. The molecule has 0 unspecified atom stereocenters. The molecule has 1 aromatic carbocycles. The maximum Gasteiger partial charge on any atom is 0.165 e. The maximum absolute atomic E-state index is 4.85. The third-order valence-electron chi connectivity index (χ3n) is 5.22. The van der Waals surface area contributed by atoms with Crippen molar-refractivity contribution in [3.8, 4) is 0 Å². The third kappa shape index (κ3) is 2.27. The van der Waals surface area contributed by atoms with Crippen molar-refractivity contribution in [2.45, 2.75) is 39.3 Å². The maximum atomic E-state index is 4.85. The number of imidazole rings is 2. The van der Waals surface area contributed by atoms with Crippen LogP contribution in [-0.4, -0.2) is 36.0 Å². The Hall–Kier alpha value is -2.96. The van der Waals surface area contributed by atoms with E-state index in [0.717, 1.165) is 59.8 Å². The molecule has 1 N–H and O–H groups in total. The predicted octanol–water partition coefficient (Wildman–Crippen LogP) is 3.37. The number of aryl methyl sites for hydroxylation is 2. The highest BCUT2D eigenvalue weighted by Gasteiger charge is 2.31. The Morgan fingerprint density at radius 1 is 1.23 bits per heavy atom. The van der Waals surface area contributed by atoms with Gasteiger partial charge < -0.3 is 14.5 Å². The Balaban J connectivity index is 1.59. The largest absolute Gasteiger partial charge is 0.344 e. The van der Waals surface area contributed by atoms with Crippen molar-refractivity contribution in [2.75, 3.05) is 11.4 Å². The second kappa shape index (κ2) is 5.79. The van der Waals surface area contributed by atoms with E-state index in [-0.39, 0.29) is 6.04 Å². The van der Waals surface area contributed by atoms with Gasteiger partial charge in [0.15, 0.2) is 17.0 Å². The van der Waals surface area contributed by atoms with E-state index < -0.39 is 0 Å². The van der Waals surface area contributed by atoms with E-state index in [1.54, 1.807) is 6.33 Å². The minimum absolute atomic E-state index is 0.188. The van der Waals surface area contributed by atoms with Crippen molar-refractivity contribution in [3.63, 3.8) is 0 Å². The average molecular weight is 347 g/mol. The molecule has 0 radical (unpaired) electrons. The lowest BCUT2D eigenvalue weighted by Crippen LogP contribution is -2.24. The average Bonchev–Trinajstić information content (AvgIpc) is 3.37. The van der Waals surface area contributed by atoms with Crippen LogP contribution in [0, 0.1) is 6.92 Å². The van der Waals surface area contributed by atoms with E-state index in [2.05, 4.69) is 61.4 Å². The van der Waals surface area contributed by atoms with Gasteiger partial charge in [0.05, 0.1) is 23.4 Å². The van der Waals surface area contributed by atoms with E-state index in [1.165, 1.54) is 5.56 Å². The Morgan fingerprint density at radius 3 is 3.04 bits per heavy atom. The lowest BCUT2D eigenvalue weighted by Gasteiger charge is -2.24. The number of nitrogens with one attached hydrogen (secondary N) is 1. The van der Waals surface area contributed by atoms with Gasteiger partial charge in [0, 0.05) is 13.1 Å². The fourth-order valence-electron chi connectivity index (χ4n) is 3.92. The molecule has 7 nitrogen and oxygen atoms in total. The molecule has 0 aliphatic carbocycles. The fraction of sp³-hybridized carbons (Fsp3) is 0.368. The van der Waals surface area contributed by atoms with Crippen LogP contribution in [0.15, 0.2) is 30.9 Å². The molecule has 0 amide bonds. The second-order valence-electron chi connectivity index (χ2n) is 6.89. The Bertz CT molecular complexity index is 1090. The van der Waals surface area contributed by atoms with Gasteiger partial charge in [-0.3, -0.25) is 0 Å². The van der Waals surface area contributed by atoms with Crippen molar-refractivity contribution in [3.05, 3.63) is 42.2 Å². The highest BCUT2D eigenvalue weighted by Crippen LogP contribution is 2.36. The van der Waals surface area contributed by atoms with Gasteiger partial charge in [-0.2, -0.15) is 0 Å². The van der Waals surface area contributed by atoms with E-state index in [9.17, 15) is 0 Å². The molecule has 0 saturated carbocycles. The van der Waals surface area contributed by atoms with Crippen LogP contribution in [0.4, 0.5) is 5.82 Å². The van der Waals surface area contributed by atoms with Crippen molar-refractivity contribution in [1.29, 1.82) is 0 Å². The smallest absolute Gasteiger partial charge is 0.165 e. The van der Waals surface area contributed by atoms with Gasteiger partial charge in [-0.15, -0.1) is 0 Å². The zero-order valence-corrected chi connectivity index (χ0v) is 15.0. The SMILES string of the molecule is CCn1cnc2c(N3CCC[C@H]3c3nc4ccc(C)cc4[nH]3)ncnc21. The van der Waals surface area contributed by atoms with E-state index in [4.69, 9.17) is 4.98 Å². The van der Waals surface area contributed by atoms with Gasteiger partial charge in [-0.1, -0.05) is 6.07 Å². The van der Waals surface area contributed by atoms with Crippen molar-refractivity contribution >= 4 is 28.0 Å². The van der Waals surface area contributed by atoms with Gasteiger partial charge in [0.2, 0.25) is 0 Å². The van der Waals surface area contributed by atoms with Gasteiger partial charge in [0.1, 0.15) is 12.2 Å². The third-order valence-corrected chi connectivity index (χ3v) is 5.22. The summed E-state index contributed by atoms with van der Waals surface area (Å²) in [6.07, 6.45) is 5.65. The number of hydrogen-bond acceptors (Lipinski definition) is 5. The summed E-state index contributed by atoms with van der Waals surface area (Å²) >= 11 is 0. The number of anilines is 1. The van der Waals surface area contributed by atoms with Crippen LogP contribution in [0.2, 0.25) is 0 Å². The summed E-state index contributed by atoms with van der Waals surface area (Å²) in [5, 5.41) is 0. The molecule has 3 aromatic heterocycles. The van der Waals surface area contributed by atoms with Crippen molar-refractivity contribution in [1.82, 2.24) is 29.5 Å². The van der Waals surface area contributed by atoms with Crippen molar-refractivity contribution in [2.24, 2.45) is 0 Å². The van der Waals surface area contributed by atoms with Crippen LogP contribution >= 0.6 is 0 Å². The summed E-state index contributed by atoms with van der Waals surface area (Å²) in [5.74, 6) is 1.91. The van der Waals surface area contributed by atoms with Crippen LogP contribution in [0.3, 0.4) is 0 Å². The van der Waals surface area contributed by atoms with Crippen LogP contribution in [-0.2, 0) is 6.54 Å². The topological polar surface area (TPSA) is 75.5 Å². The molecule has 4 heterocycles. The lowest BCUT2D eigenvalue weighted by atomic mass is 10.2. The first kappa shape index (κ1) is 15.3. The Morgan fingerprint density at radius 2 is 2.15 bits per heavy atom. The molecule has 1 saturated heterocycles. The van der Waals surface area contributed by atoms with E-state index >= 15 is 0 Å². The summed E-state index contributed by atoms with van der Waals surface area (Å²) in [7, 11) is 0. The Labute approximate surface area is 151 Å². The van der Waals surface area contributed by atoms with Crippen LogP contribution < -0.4 is 4.90 Å². The number of aromatic nitrogens is 6. The van der Waals surface area contributed by atoms with Gasteiger partial charge in [0.25, 0.3) is 0 Å². The highest BCUT2D eigenvalue weighted by molar-refractivity contribution is 5.84. The quantitative estimate of drug-likeness (QED) is 0.615. The standard InChI is InChI=1S/C19H21N7/c1-3-25-11-22-16-18(25)20-10-21-19(16)26-8-4-5-15(26)17-23-13-7-6-12(2)9-14(13)24-17/h6-7,9-11,15H,3-5,8H2,1-2H3,(H,23,24)/t15-/m0/s1. The van der Waals surface area contributed by atoms with Gasteiger partial charge in [-0.25, -0.2) is 19.9 Å². The molecule has 132 valence electrons. The van der Waals surface area contributed by atoms with E-state index in [1.807, 2.05) is 6.33 Å². The first-order valence-corrected chi connectivity index (χ1v) is 9.13. The first-order valence-electron chi connectivity index (χ1n) is 9.13. The molecule has 1 aliphatic heterocycles. The molecule has 4 aromatic rings. The Kier molecular flexibility index (Phi) is 3.41. The van der Waals surface area contributed by atoms with E-state index in [0.29, 0.717) is 0 Å². The zero-order valence-electron chi connectivity index (χ0n) is 15.0. The summed E-state index contributed by atoms with van der Waals surface area (Å²) in [6, 6.07) is 6.52. The van der Waals surface area contributed by atoms with Crippen LogP contribution in [0.5, 0.6) is 0 Å².